The van der Waals surface area contributed by atoms with Crippen LogP contribution in [0.15, 0.2) is 60.9 Å². The highest BCUT2D eigenvalue weighted by atomic mass is 16.7. The molecule has 5 heterocycles. The number of aromatic amines is 2. The van der Waals surface area contributed by atoms with Gasteiger partial charge in [0.2, 0.25) is 18.2 Å². The van der Waals surface area contributed by atoms with Crippen molar-refractivity contribution in [1.29, 1.82) is 0 Å². The lowest BCUT2D eigenvalue weighted by molar-refractivity contribution is -0.157. The van der Waals surface area contributed by atoms with E-state index in [1.807, 2.05) is 38.8 Å². The molecule has 3 aliphatic heterocycles. The molecule has 0 bridgehead atoms. The van der Waals surface area contributed by atoms with E-state index in [1.54, 1.807) is 18.2 Å². The number of amides is 2. The number of aromatic nitrogens is 4. The molecule has 1 spiro atoms. The van der Waals surface area contributed by atoms with Gasteiger partial charge < -0.3 is 43.8 Å². The highest BCUT2D eigenvalue weighted by molar-refractivity contribution is 5.83. The lowest BCUT2D eigenvalue weighted by atomic mass is 10.0. The Balaban J connectivity index is 1.03. The summed E-state index contributed by atoms with van der Waals surface area (Å²) in [6, 6.07) is 15.1. The van der Waals surface area contributed by atoms with Gasteiger partial charge in [0.25, 0.3) is 0 Å². The van der Waals surface area contributed by atoms with Crippen molar-refractivity contribution in [3.05, 3.63) is 72.6 Å². The molecular formula is C42H56N8O7. The van der Waals surface area contributed by atoms with Crippen molar-refractivity contribution in [3.8, 4) is 33.6 Å². The number of ether oxygens (including phenoxy) is 4. The Morgan fingerprint density at radius 3 is 1.88 bits per heavy atom. The molecule has 4 aromatic rings. The molecule has 5 unspecified atom stereocenters. The van der Waals surface area contributed by atoms with Crippen LogP contribution in [0.3, 0.4) is 0 Å². The molecule has 0 aliphatic carbocycles. The normalized spacial score (nSPS) is 20.9. The minimum atomic E-state index is -1.28. The fourth-order valence-corrected chi connectivity index (χ4v) is 8.23. The van der Waals surface area contributed by atoms with Crippen molar-refractivity contribution < 1.29 is 33.6 Å². The molecule has 2 aromatic heterocycles. The van der Waals surface area contributed by atoms with Gasteiger partial charge in [-0.15, -0.1) is 0 Å². The number of likely N-dealkylation sites (tertiary alicyclic amines) is 2. The molecule has 0 radical (unpaired) electrons. The van der Waals surface area contributed by atoms with Crippen molar-refractivity contribution in [3.63, 3.8) is 0 Å². The zero-order valence-corrected chi connectivity index (χ0v) is 33.7. The zero-order valence-electron chi connectivity index (χ0n) is 33.7. The number of imidazole rings is 2. The number of aliphatic hydroxyl groups is 1. The number of carbonyl (C=O) groups is 2. The third-order valence-electron chi connectivity index (χ3n) is 11.3. The van der Waals surface area contributed by atoms with Crippen LogP contribution in [0.25, 0.3) is 33.6 Å². The summed E-state index contributed by atoms with van der Waals surface area (Å²) in [4.78, 5) is 47.7. The number of carbonyl (C=O) groups excluding carboxylic acids is 2. The summed E-state index contributed by atoms with van der Waals surface area (Å²) < 4.78 is 22.3. The molecule has 2 aromatic carbocycles. The van der Waals surface area contributed by atoms with Gasteiger partial charge in [-0.2, -0.15) is 0 Å². The van der Waals surface area contributed by atoms with Crippen molar-refractivity contribution in [2.75, 3.05) is 47.3 Å². The van der Waals surface area contributed by atoms with E-state index >= 15 is 0 Å². The van der Waals surface area contributed by atoms with Gasteiger partial charge in [-0.25, -0.2) is 9.97 Å². The molecule has 5 N–H and O–H groups in total. The van der Waals surface area contributed by atoms with Gasteiger partial charge in [-0.3, -0.25) is 20.2 Å². The van der Waals surface area contributed by atoms with E-state index in [0.717, 1.165) is 52.3 Å². The zero-order chi connectivity index (χ0) is 40.3. The molecule has 57 heavy (non-hydrogen) atoms. The number of benzene rings is 2. The summed E-state index contributed by atoms with van der Waals surface area (Å²) in [6.45, 7) is 10.1. The van der Waals surface area contributed by atoms with Gasteiger partial charge in [0, 0.05) is 27.2 Å². The van der Waals surface area contributed by atoms with Crippen LogP contribution in [0.4, 0.5) is 0 Å². The highest BCUT2D eigenvalue weighted by Gasteiger charge is 2.52. The summed E-state index contributed by atoms with van der Waals surface area (Å²) in [5.74, 6) is 0.430. The van der Waals surface area contributed by atoms with E-state index in [1.165, 1.54) is 7.11 Å². The van der Waals surface area contributed by atoms with Crippen LogP contribution in [-0.2, 0) is 28.5 Å². The second-order valence-corrected chi connectivity index (χ2v) is 15.8. The Bertz CT molecular complexity index is 1960. The van der Waals surface area contributed by atoms with Crippen LogP contribution in [0, 0.1) is 11.8 Å². The number of nitrogens with zero attached hydrogens (tertiary/aromatic N) is 4. The Kier molecular flexibility index (Phi) is 12.5. The minimum absolute atomic E-state index is 0.0782. The second-order valence-electron chi connectivity index (χ2n) is 15.8. The SMILES string of the molecule is COCNC(C(=O)N1CCCC1c1ncc(-c2ccc(-c3ccc(-c4cnc(C5CC6(CN5C(=O)C(NC(O)OC)C(C)C)OCCO6)[nH]4)cc3)cc2)[nH]1)C(C)C. The summed E-state index contributed by atoms with van der Waals surface area (Å²) in [7, 11) is 2.99. The predicted molar refractivity (Wildman–Crippen MR) is 213 cm³/mol. The van der Waals surface area contributed by atoms with Crippen molar-refractivity contribution in [2.24, 2.45) is 11.8 Å². The Morgan fingerprint density at radius 2 is 1.35 bits per heavy atom. The van der Waals surface area contributed by atoms with Gasteiger partial charge in [-0.1, -0.05) is 76.2 Å². The van der Waals surface area contributed by atoms with Crippen molar-refractivity contribution >= 4 is 11.8 Å². The first-order valence-electron chi connectivity index (χ1n) is 19.9. The first-order valence-corrected chi connectivity index (χ1v) is 19.9. The molecule has 306 valence electrons. The Labute approximate surface area is 333 Å². The fraction of sp³-hybridized carbons (Fsp3) is 0.524. The van der Waals surface area contributed by atoms with Crippen LogP contribution < -0.4 is 10.6 Å². The third kappa shape index (κ3) is 8.70. The van der Waals surface area contributed by atoms with Crippen LogP contribution >= 0.6 is 0 Å². The fourth-order valence-electron chi connectivity index (χ4n) is 8.23. The van der Waals surface area contributed by atoms with E-state index in [-0.39, 0.29) is 42.3 Å². The number of H-pyrrole nitrogens is 2. The Hall–Kier alpha value is -4.48. The monoisotopic (exact) mass is 784 g/mol. The lowest BCUT2D eigenvalue weighted by Gasteiger charge is -2.31. The number of nitrogens with one attached hydrogen (secondary N) is 4. The molecule has 3 saturated heterocycles. The largest absolute Gasteiger partial charge is 0.370 e. The minimum Gasteiger partial charge on any atom is -0.370 e. The van der Waals surface area contributed by atoms with E-state index in [0.29, 0.717) is 38.7 Å². The van der Waals surface area contributed by atoms with Gasteiger partial charge in [0.1, 0.15) is 11.6 Å². The number of methoxy groups -OCH3 is 2. The van der Waals surface area contributed by atoms with Crippen LogP contribution in [0.2, 0.25) is 0 Å². The molecule has 3 aliphatic rings. The van der Waals surface area contributed by atoms with E-state index in [9.17, 15) is 14.7 Å². The maximum Gasteiger partial charge on any atom is 0.240 e. The van der Waals surface area contributed by atoms with Crippen LogP contribution in [-0.4, -0.2) is 118 Å². The van der Waals surface area contributed by atoms with E-state index in [2.05, 4.69) is 69.1 Å². The standard InChI is InChI=1S/C42H56N8O7/c1-25(2)35(45-24-54-5)39(51)49-17-7-8-33(49)37-43-21-31(46-37)29-13-9-27(10-14-29)28-11-15-30(16-12-28)32-22-44-38(47-32)34-20-42(56-18-19-57-42)23-50(34)40(52)36(26(3)4)48-41(53)55-6/h9-16,21-22,25-26,33-36,41,45,48,53H,7-8,17-20,23-24H2,1-6H3,(H,43,46)(H,44,47). The second kappa shape index (κ2) is 17.6. The average molecular weight is 785 g/mol. The predicted octanol–water partition coefficient (Wildman–Crippen LogP) is 4.57. The highest BCUT2D eigenvalue weighted by Crippen LogP contribution is 2.43. The molecule has 15 heteroatoms. The van der Waals surface area contributed by atoms with E-state index in [4.69, 9.17) is 28.9 Å². The summed E-state index contributed by atoms with van der Waals surface area (Å²) >= 11 is 0. The molecule has 7 rings (SSSR count). The van der Waals surface area contributed by atoms with Crippen LogP contribution in [0.1, 0.15) is 70.7 Å². The summed E-state index contributed by atoms with van der Waals surface area (Å²) in [6.07, 6.45) is 4.58. The van der Waals surface area contributed by atoms with Crippen molar-refractivity contribution in [2.45, 2.75) is 83.3 Å². The number of rotatable bonds is 15. The number of hydrogen-bond acceptors (Lipinski definition) is 11. The first kappa shape index (κ1) is 40.7. The lowest BCUT2D eigenvalue weighted by Crippen LogP contribution is -2.53. The van der Waals surface area contributed by atoms with E-state index < -0.39 is 24.3 Å². The first-order chi connectivity index (χ1) is 27.5. The summed E-state index contributed by atoms with van der Waals surface area (Å²) in [5.41, 5.74) is 5.83. The van der Waals surface area contributed by atoms with Gasteiger partial charge in [0.15, 0.2) is 5.79 Å². The van der Waals surface area contributed by atoms with Gasteiger partial charge in [0.05, 0.1) is 74.4 Å². The van der Waals surface area contributed by atoms with Gasteiger partial charge in [-0.05, 0) is 46.9 Å². The average Bonchev–Trinajstić information content (AvgIpc) is 4.07. The molecule has 15 nitrogen and oxygen atoms in total. The quantitative estimate of drug-likeness (QED) is 0.107. The van der Waals surface area contributed by atoms with Crippen molar-refractivity contribution in [1.82, 2.24) is 40.4 Å². The topological polar surface area (TPSA) is 179 Å². The van der Waals surface area contributed by atoms with Crippen LogP contribution in [0.5, 0.6) is 0 Å². The van der Waals surface area contributed by atoms with Gasteiger partial charge >= 0.3 is 0 Å². The Morgan fingerprint density at radius 1 is 0.825 bits per heavy atom. The molecule has 0 saturated carbocycles. The maximum atomic E-state index is 14.0. The maximum absolute atomic E-state index is 14.0. The molecular weight excluding hydrogens is 729 g/mol. The number of hydrogen-bond donors (Lipinski definition) is 5. The summed E-state index contributed by atoms with van der Waals surface area (Å²) in [5, 5.41) is 16.3. The third-order valence-corrected chi connectivity index (χ3v) is 11.3. The number of aliphatic hydroxyl groups excluding tert-OH is 1. The smallest absolute Gasteiger partial charge is 0.240 e. The molecule has 5 atom stereocenters. The molecule has 2 amide bonds. The molecule has 3 fully saturated rings.